The maximum Gasteiger partial charge on any atom is 0.411 e. The summed E-state index contributed by atoms with van der Waals surface area (Å²) in [5.74, 6) is -1.44. The zero-order chi connectivity index (χ0) is 21.1. The third kappa shape index (κ3) is 4.97. The predicted octanol–water partition coefficient (Wildman–Crippen LogP) is 5.44. The molecule has 0 bridgehead atoms. The summed E-state index contributed by atoms with van der Waals surface area (Å²) in [6.45, 7) is 0.291. The summed E-state index contributed by atoms with van der Waals surface area (Å²) >= 11 is 12.7. The van der Waals surface area contributed by atoms with Gasteiger partial charge in [0.05, 0.1) is 22.8 Å². The minimum absolute atomic E-state index is 0.0485. The predicted molar refractivity (Wildman–Crippen MR) is 108 cm³/mol. The minimum atomic E-state index is -0.680. The van der Waals surface area contributed by atoms with Gasteiger partial charge in [0, 0.05) is 24.7 Å². The van der Waals surface area contributed by atoms with Gasteiger partial charge in [0.2, 0.25) is 5.91 Å². The molecule has 1 N–H and O–H groups in total. The van der Waals surface area contributed by atoms with Crippen LogP contribution in [-0.4, -0.2) is 25.7 Å². The zero-order valence-electron chi connectivity index (χ0n) is 15.5. The molecule has 1 aliphatic heterocycles. The molecule has 1 heterocycles. The number of hydrogen-bond donors (Lipinski definition) is 1. The molecule has 1 atom stereocenters. The molecule has 154 valence electrons. The first kappa shape index (κ1) is 21.3. The number of amides is 2. The number of benzene rings is 2. The molecular formula is C20H18Cl2F2N2O3. The van der Waals surface area contributed by atoms with E-state index in [0.717, 1.165) is 6.07 Å². The van der Waals surface area contributed by atoms with Crippen molar-refractivity contribution in [1.29, 1.82) is 0 Å². The van der Waals surface area contributed by atoms with Crippen molar-refractivity contribution in [3.63, 3.8) is 0 Å². The Labute approximate surface area is 176 Å². The summed E-state index contributed by atoms with van der Waals surface area (Å²) in [6.07, 6.45) is 0.499. The zero-order valence-corrected chi connectivity index (χ0v) is 17.0. The number of rotatable bonds is 4. The van der Waals surface area contributed by atoms with Crippen LogP contribution in [0.2, 0.25) is 10.0 Å². The van der Waals surface area contributed by atoms with Crippen molar-refractivity contribution in [2.75, 3.05) is 23.9 Å². The van der Waals surface area contributed by atoms with Crippen LogP contribution in [0.15, 0.2) is 30.3 Å². The van der Waals surface area contributed by atoms with Gasteiger partial charge in [-0.25, -0.2) is 13.6 Å². The van der Waals surface area contributed by atoms with E-state index in [4.69, 9.17) is 23.2 Å². The lowest BCUT2D eigenvalue weighted by molar-refractivity contribution is -0.120. The van der Waals surface area contributed by atoms with Gasteiger partial charge in [-0.15, -0.1) is 0 Å². The van der Waals surface area contributed by atoms with E-state index in [0.29, 0.717) is 36.3 Å². The van der Waals surface area contributed by atoms with E-state index in [-0.39, 0.29) is 28.3 Å². The SMILES string of the molecule is COC(=O)Nc1cc(Cl)c(N2CC(Cc3ccc(F)cc3F)CCC2=O)c(Cl)c1. The van der Waals surface area contributed by atoms with Crippen molar-refractivity contribution in [2.45, 2.75) is 19.3 Å². The van der Waals surface area contributed by atoms with Gasteiger partial charge in [-0.05, 0) is 42.5 Å². The molecule has 0 radical (unpaired) electrons. The van der Waals surface area contributed by atoms with Crippen molar-refractivity contribution >= 4 is 46.6 Å². The Balaban J connectivity index is 1.82. The molecule has 29 heavy (non-hydrogen) atoms. The van der Waals surface area contributed by atoms with Crippen LogP contribution in [0.4, 0.5) is 25.0 Å². The molecule has 1 unspecified atom stereocenters. The number of nitrogens with zero attached hydrogens (tertiary/aromatic N) is 1. The molecule has 0 spiro atoms. The quantitative estimate of drug-likeness (QED) is 0.685. The number of piperidine rings is 1. The van der Waals surface area contributed by atoms with Gasteiger partial charge in [-0.2, -0.15) is 0 Å². The van der Waals surface area contributed by atoms with Crippen molar-refractivity contribution in [2.24, 2.45) is 5.92 Å². The Kier molecular flexibility index (Phi) is 6.59. The molecular weight excluding hydrogens is 425 g/mol. The Morgan fingerprint density at radius 3 is 2.55 bits per heavy atom. The number of hydrogen-bond acceptors (Lipinski definition) is 3. The van der Waals surface area contributed by atoms with Crippen LogP contribution in [0.3, 0.4) is 0 Å². The largest absolute Gasteiger partial charge is 0.453 e. The number of halogens is 4. The van der Waals surface area contributed by atoms with Crippen molar-refractivity contribution in [3.05, 3.63) is 57.6 Å². The van der Waals surface area contributed by atoms with Crippen LogP contribution >= 0.6 is 23.2 Å². The standard InChI is InChI=1S/C20H18Cl2F2N2O3/c1-29-20(28)25-14-8-15(21)19(16(22)9-14)26-10-11(2-5-18(26)27)6-12-3-4-13(23)7-17(12)24/h3-4,7-9,11H,2,5-6,10H2,1H3,(H,25,28). The van der Waals surface area contributed by atoms with Crippen LogP contribution in [-0.2, 0) is 16.0 Å². The molecule has 2 aromatic rings. The number of methoxy groups -OCH3 is 1. The summed E-state index contributed by atoms with van der Waals surface area (Å²) in [5, 5.41) is 2.83. The maximum absolute atomic E-state index is 14.0. The van der Waals surface area contributed by atoms with Crippen LogP contribution in [0.1, 0.15) is 18.4 Å². The van der Waals surface area contributed by atoms with Crippen molar-refractivity contribution < 1.29 is 23.1 Å². The van der Waals surface area contributed by atoms with Gasteiger partial charge in [0.15, 0.2) is 0 Å². The number of anilines is 2. The van der Waals surface area contributed by atoms with Gasteiger partial charge in [-0.1, -0.05) is 29.3 Å². The fraction of sp³-hybridized carbons (Fsp3) is 0.300. The maximum atomic E-state index is 14.0. The van der Waals surface area contributed by atoms with E-state index in [1.165, 1.54) is 36.3 Å². The molecule has 3 rings (SSSR count). The summed E-state index contributed by atoms with van der Waals surface area (Å²) in [4.78, 5) is 25.4. The monoisotopic (exact) mass is 442 g/mol. The fourth-order valence-electron chi connectivity index (χ4n) is 3.36. The van der Waals surface area contributed by atoms with Gasteiger partial charge in [0.1, 0.15) is 11.6 Å². The van der Waals surface area contributed by atoms with Crippen molar-refractivity contribution in [3.8, 4) is 0 Å². The lowest BCUT2D eigenvalue weighted by Gasteiger charge is -2.34. The number of ether oxygens (including phenoxy) is 1. The average Bonchev–Trinajstić information content (AvgIpc) is 2.65. The first-order valence-electron chi connectivity index (χ1n) is 8.86. The van der Waals surface area contributed by atoms with Crippen LogP contribution in [0, 0.1) is 17.6 Å². The highest BCUT2D eigenvalue weighted by molar-refractivity contribution is 6.40. The van der Waals surface area contributed by atoms with E-state index in [1.807, 2.05) is 0 Å². The Morgan fingerprint density at radius 1 is 1.24 bits per heavy atom. The highest BCUT2D eigenvalue weighted by Gasteiger charge is 2.30. The summed E-state index contributed by atoms with van der Waals surface area (Å²) in [7, 11) is 1.23. The highest BCUT2D eigenvalue weighted by atomic mass is 35.5. The second-order valence-electron chi connectivity index (χ2n) is 6.75. The molecule has 0 saturated carbocycles. The van der Waals surface area contributed by atoms with E-state index >= 15 is 0 Å². The second kappa shape index (κ2) is 8.97. The number of carbonyl (C=O) groups excluding carboxylic acids is 2. The van der Waals surface area contributed by atoms with E-state index < -0.39 is 17.7 Å². The Morgan fingerprint density at radius 2 is 1.93 bits per heavy atom. The molecule has 5 nitrogen and oxygen atoms in total. The molecule has 0 aliphatic carbocycles. The summed E-state index contributed by atoms with van der Waals surface area (Å²) < 4.78 is 31.7. The molecule has 1 fully saturated rings. The molecule has 9 heteroatoms. The van der Waals surface area contributed by atoms with Crippen LogP contribution in [0.5, 0.6) is 0 Å². The molecule has 1 saturated heterocycles. The lowest BCUT2D eigenvalue weighted by atomic mass is 9.90. The summed E-state index contributed by atoms with van der Waals surface area (Å²) in [5.41, 5.74) is 1.04. The third-order valence-corrected chi connectivity index (χ3v) is 5.33. The minimum Gasteiger partial charge on any atom is -0.453 e. The molecule has 1 aliphatic rings. The smallest absolute Gasteiger partial charge is 0.411 e. The average molecular weight is 443 g/mol. The molecule has 2 amide bonds. The second-order valence-corrected chi connectivity index (χ2v) is 7.57. The highest BCUT2D eigenvalue weighted by Crippen LogP contribution is 2.39. The number of carbonyl (C=O) groups is 2. The number of nitrogens with one attached hydrogen (secondary N) is 1. The molecule has 0 aromatic heterocycles. The van der Waals surface area contributed by atoms with E-state index in [9.17, 15) is 18.4 Å². The lowest BCUT2D eigenvalue weighted by Crippen LogP contribution is -2.41. The first-order valence-corrected chi connectivity index (χ1v) is 9.62. The Bertz CT molecular complexity index is 932. The molecule has 2 aromatic carbocycles. The van der Waals surface area contributed by atoms with E-state index in [1.54, 1.807) is 0 Å². The van der Waals surface area contributed by atoms with E-state index in [2.05, 4.69) is 10.1 Å². The first-order chi connectivity index (χ1) is 13.8. The normalized spacial score (nSPS) is 16.7. The Hall–Kier alpha value is -2.38. The fourth-order valence-corrected chi connectivity index (χ4v) is 4.05. The van der Waals surface area contributed by atoms with Gasteiger partial charge in [-0.3, -0.25) is 10.1 Å². The van der Waals surface area contributed by atoms with Crippen molar-refractivity contribution in [1.82, 2.24) is 0 Å². The topological polar surface area (TPSA) is 58.6 Å². The van der Waals surface area contributed by atoms with Gasteiger partial charge < -0.3 is 9.64 Å². The van der Waals surface area contributed by atoms with Gasteiger partial charge >= 0.3 is 6.09 Å². The van der Waals surface area contributed by atoms with Crippen LogP contribution in [0.25, 0.3) is 0 Å². The van der Waals surface area contributed by atoms with Gasteiger partial charge in [0.25, 0.3) is 0 Å². The summed E-state index contributed by atoms with van der Waals surface area (Å²) in [6, 6.07) is 6.41. The van der Waals surface area contributed by atoms with Crippen LogP contribution < -0.4 is 10.2 Å². The third-order valence-electron chi connectivity index (χ3n) is 4.75.